The number of hydrogen-bond acceptors (Lipinski definition) is 0. The molecule has 0 unspecified atom stereocenters. The summed E-state index contributed by atoms with van der Waals surface area (Å²) in [6, 6.07) is 5.69. The minimum Gasteiger partial charge on any atom is -0.206 e. The maximum absolute atomic E-state index is 13.1. The summed E-state index contributed by atoms with van der Waals surface area (Å²) in [6.45, 7) is 0. The van der Waals surface area contributed by atoms with Gasteiger partial charge in [-0.2, -0.15) is 0 Å². The number of fused-ring (bicyclic) bond motifs is 1. The van der Waals surface area contributed by atoms with Gasteiger partial charge in [0.15, 0.2) is 0 Å². The van der Waals surface area contributed by atoms with E-state index in [-0.39, 0.29) is 11.6 Å². The summed E-state index contributed by atoms with van der Waals surface area (Å²) in [4.78, 5) is 0. The van der Waals surface area contributed by atoms with Gasteiger partial charge in [0.25, 0.3) is 0 Å². The molecule has 4 heteroatoms. The molecular formula is C10H4Br2F2. The lowest BCUT2D eigenvalue weighted by Crippen LogP contribution is -1.84. The van der Waals surface area contributed by atoms with Crippen molar-refractivity contribution in [3.8, 4) is 0 Å². The van der Waals surface area contributed by atoms with E-state index in [2.05, 4.69) is 31.9 Å². The molecule has 0 saturated heterocycles. The molecule has 0 amide bonds. The Kier molecular flexibility index (Phi) is 2.58. The molecule has 0 atom stereocenters. The summed E-state index contributed by atoms with van der Waals surface area (Å²) in [6.07, 6.45) is 0. The Morgan fingerprint density at radius 2 is 1.07 bits per heavy atom. The molecule has 14 heavy (non-hydrogen) atoms. The summed E-state index contributed by atoms with van der Waals surface area (Å²) in [5, 5.41) is 1.30. The Morgan fingerprint density at radius 1 is 0.714 bits per heavy atom. The van der Waals surface area contributed by atoms with Gasteiger partial charge in [0, 0.05) is 10.8 Å². The molecule has 2 aromatic carbocycles. The average molecular weight is 322 g/mol. The van der Waals surface area contributed by atoms with Crippen LogP contribution in [0.3, 0.4) is 0 Å². The van der Waals surface area contributed by atoms with Gasteiger partial charge in [0.1, 0.15) is 11.6 Å². The quantitative estimate of drug-likeness (QED) is 0.663. The minimum atomic E-state index is -0.351. The lowest BCUT2D eigenvalue weighted by Gasteiger charge is -2.04. The molecule has 0 saturated carbocycles. The van der Waals surface area contributed by atoms with Crippen LogP contribution < -0.4 is 0 Å². The average Bonchev–Trinajstić information content (AvgIpc) is 2.17. The third-order valence-corrected chi connectivity index (χ3v) is 3.59. The predicted molar refractivity (Wildman–Crippen MR) is 59.3 cm³/mol. The van der Waals surface area contributed by atoms with Crippen LogP contribution in [0.5, 0.6) is 0 Å². The highest BCUT2D eigenvalue weighted by Gasteiger charge is 2.09. The molecule has 72 valence electrons. The second-order valence-corrected chi connectivity index (χ2v) is 4.40. The first-order valence-corrected chi connectivity index (χ1v) is 5.41. The fraction of sp³-hybridized carbons (Fsp3) is 0. The molecule has 0 aliphatic carbocycles. The smallest absolute Gasteiger partial charge is 0.138 e. The molecule has 0 aromatic heterocycles. The topological polar surface area (TPSA) is 0 Å². The molecule has 0 fully saturated rings. The van der Waals surface area contributed by atoms with Crippen molar-refractivity contribution in [3.63, 3.8) is 0 Å². The highest BCUT2D eigenvalue weighted by Crippen LogP contribution is 2.32. The molecule has 0 N–H and O–H groups in total. The number of rotatable bonds is 0. The molecule has 0 aliphatic heterocycles. The minimum absolute atomic E-state index is 0.351. The molecule has 0 heterocycles. The van der Waals surface area contributed by atoms with Crippen molar-refractivity contribution in [2.75, 3.05) is 0 Å². The summed E-state index contributed by atoms with van der Waals surface area (Å²) in [5.41, 5.74) is 0. The van der Waals surface area contributed by atoms with Crippen LogP contribution in [-0.4, -0.2) is 0 Å². The molecule has 0 aliphatic rings. The molecule has 2 rings (SSSR count). The second kappa shape index (κ2) is 3.59. The highest BCUT2D eigenvalue weighted by molar-refractivity contribution is 9.11. The third-order valence-electron chi connectivity index (χ3n) is 1.98. The van der Waals surface area contributed by atoms with Gasteiger partial charge in [0.05, 0.1) is 8.95 Å². The van der Waals surface area contributed by atoms with Crippen molar-refractivity contribution < 1.29 is 8.78 Å². The fourth-order valence-corrected chi connectivity index (χ4v) is 2.23. The van der Waals surface area contributed by atoms with Crippen molar-refractivity contribution in [2.24, 2.45) is 0 Å². The lowest BCUT2D eigenvalue weighted by atomic mass is 10.1. The van der Waals surface area contributed by atoms with Crippen molar-refractivity contribution in [1.29, 1.82) is 0 Å². The standard InChI is InChI=1S/C10H4Br2F2/c11-9-5-1-3-7(13)10(12)6(5)2-4-8(9)14/h1-4H. The molecular weight excluding hydrogens is 318 g/mol. The summed E-state index contributed by atoms with van der Waals surface area (Å²) in [5.74, 6) is -0.702. The maximum atomic E-state index is 13.1. The van der Waals surface area contributed by atoms with Crippen LogP contribution in [-0.2, 0) is 0 Å². The van der Waals surface area contributed by atoms with Crippen LogP contribution in [0.1, 0.15) is 0 Å². The van der Waals surface area contributed by atoms with E-state index in [0.717, 1.165) is 0 Å². The summed E-state index contributed by atoms with van der Waals surface area (Å²) in [7, 11) is 0. The first-order chi connectivity index (χ1) is 6.61. The van der Waals surface area contributed by atoms with E-state index in [1.807, 2.05) is 0 Å². The summed E-state index contributed by atoms with van der Waals surface area (Å²) >= 11 is 6.24. The van der Waals surface area contributed by atoms with Gasteiger partial charge >= 0.3 is 0 Å². The van der Waals surface area contributed by atoms with Crippen LogP contribution in [0.4, 0.5) is 8.78 Å². The SMILES string of the molecule is Fc1ccc2c(Br)c(F)ccc2c1Br. The number of halogens is 4. The fourth-order valence-electron chi connectivity index (χ4n) is 1.28. The zero-order chi connectivity index (χ0) is 10.3. The highest BCUT2D eigenvalue weighted by atomic mass is 79.9. The van der Waals surface area contributed by atoms with E-state index < -0.39 is 0 Å². The first kappa shape index (κ1) is 10.1. The Labute approximate surface area is 96.2 Å². The second-order valence-electron chi connectivity index (χ2n) is 2.82. The van der Waals surface area contributed by atoms with E-state index in [4.69, 9.17) is 0 Å². The Hall–Kier alpha value is -0.480. The van der Waals surface area contributed by atoms with Gasteiger partial charge in [-0.05, 0) is 44.0 Å². The Balaban J connectivity index is 2.94. The molecule has 0 radical (unpaired) electrons. The van der Waals surface area contributed by atoms with Gasteiger partial charge in [-0.25, -0.2) is 8.78 Å². The predicted octanol–water partition coefficient (Wildman–Crippen LogP) is 4.64. The van der Waals surface area contributed by atoms with Crippen LogP contribution in [0.15, 0.2) is 33.2 Å². The van der Waals surface area contributed by atoms with E-state index in [0.29, 0.717) is 19.7 Å². The van der Waals surface area contributed by atoms with Crippen molar-refractivity contribution in [2.45, 2.75) is 0 Å². The number of benzene rings is 2. The van der Waals surface area contributed by atoms with Crippen LogP contribution in [0, 0.1) is 11.6 Å². The molecule has 0 spiro atoms. The van der Waals surface area contributed by atoms with Crippen LogP contribution >= 0.6 is 31.9 Å². The first-order valence-electron chi connectivity index (χ1n) is 3.83. The normalized spacial score (nSPS) is 10.9. The van der Waals surface area contributed by atoms with Crippen molar-refractivity contribution in [1.82, 2.24) is 0 Å². The lowest BCUT2D eigenvalue weighted by molar-refractivity contribution is 0.619. The molecule has 0 nitrogen and oxygen atoms in total. The largest absolute Gasteiger partial charge is 0.206 e. The van der Waals surface area contributed by atoms with E-state index in [9.17, 15) is 8.78 Å². The van der Waals surface area contributed by atoms with E-state index in [1.54, 1.807) is 12.1 Å². The van der Waals surface area contributed by atoms with Gasteiger partial charge in [-0.1, -0.05) is 12.1 Å². The molecule has 0 bridgehead atoms. The van der Waals surface area contributed by atoms with Crippen molar-refractivity contribution >= 4 is 42.6 Å². The van der Waals surface area contributed by atoms with Gasteiger partial charge in [-0.3, -0.25) is 0 Å². The maximum Gasteiger partial charge on any atom is 0.138 e. The summed E-state index contributed by atoms with van der Waals surface area (Å²) < 4.78 is 27.0. The Morgan fingerprint density at radius 3 is 1.43 bits per heavy atom. The number of hydrogen-bond donors (Lipinski definition) is 0. The molecule has 2 aromatic rings. The van der Waals surface area contributed by atoms with E-state index in [1.165, 1.54) is 12.1 Å². The van der Waals surface area contributed by atoms with Crippen LogP contribution in [0.2, 0.25) is 0 Å². The zero-order valence-electron chi connectivity index (χ0n) is 6.82. The van der Waals surface area contributed by atoms with Gasteiger partial charge in [0.2, 0.25) is 0 Å². The van der Waals surface area contributed by atoms with Crippen LogP contribution in [0.25, 0.3) is 10.8 Å². The van der Waals surface area contributed by atoms with E-state index >= 15 is 0 Å². The van der Waals surface area contributed by atoms with Gasteiger partial charge in [-0.15, -0.1) is 0 Å². The van der Waals surface area contributed by atoms with Gasteiger partial charge < -0.3 is 0 Å². The Bertz CT molecular complexity index is 462. The zero-order valence-corrected chi connectivity index (χ0v) is 9.99. The third kappa shape index (κ3) is 1.46. The monoisotopic (exact) mass is 320 g/mol. The van der Waals surface area contributed by atoms with Crippen molar-refractivity contribution in [3.05, 3.63) is 44.8 Å².